The quantitative estimate of drug-likeness (QED) is 0.858. The Bertz CT molecular complexity index is 371. The summed E-state index contributed by atoms with van der Waals surface area (Å²) in [5.74, 6) is -0.668. The number of hydrogen-bond acceptors (Lipinski definition) is 2. The lowest BCUT2D eigenvalue weighted by molar-refractivity contribution is -0.119. The maximum Gasteiger partial charge on any atom is 0.228 e. The number of carbonyl (C=O) groups is 1. The molecule has 0 bridgehead atoms. The molecule has 0 saturated heterocycles. The van der Waals surface area contributed by atoms with Gasteiger partial charge in [-0.1, -0.05) is 6.92 Å². The first kappa shape index (κ1) is 14.9. The fourth-order valence-electron chi connectivity index (χ4n) is 1.09. The third-order valence-electron chi connectivity index (χ3n) is 2.23. The van der Waals surface area contributed by atoms with Gasteiger partial charge in [-0.3, -0.25) is 4.79 Å². The molecule has 0 aliphatic rings. The number of rotatable bonds is 3. The molecule has 0 heterocycles. The molecule has 0 spiro atoms. The molecule has 0 radical (unpaired) electrons. The first-order valence-electron chi connectivity index (χ1n) is 4.81. The molecule has 0 aliphatic carbocycles. The molecule has 0 aromatic heterocycles. The van der Waals surface area contributed by atoms with Gasteiger partial charge in [-0.15, -0.1) is 12.4 Å². The van der Waals surface area contributed by atoms with Crippen LogP contribution in [0.2, 0.25) is 0 Å². The van der Waals surface area contributed by atoms with Crippen LogP contribution in [0.1, 0.15) is 12.5 Å². The molecule has 90 valence electrons. The van der Waals surface area contributed by atoms with Crippen LogP contribution in [-0.2, 0) is 4.79 Å². The van der Waals surface area contributed by atoms with Gasteiger partial charge in [0, 0.05) is 18.2 Å². The SMILES string of the molecule is Cc1cc(NC(=O)C(C)CN)ccc1F.Cl. The Kier molecular flexibility index (Phi) is 6.00. The second kappa shape index (κ2) is 6.45. The van der Waals surface area contributed by atoms with Crippen molar-refractivity contribution in [2.45, 2.75) is 13.8 Å². The standard InChI is InChI=1S/C11H15FN2O.ClH/c1-7-5-9(3-4-10(7)12)14-11(15)8(2)6-13;/h3-5,8H,6,13H2,1-2H3,(H,14,15);1H. The van der Waals surface area contributed by atoms with Crippen LogP contribution in [0.5, 0.6) is 0 Å². The summed E-state index contributed by atoms with van der Waals surface area (Å²) in [5, 5.41) is 2.68. The summed E-state index contributed by atoms with van der Waals surface area (Å²) < 4.78 is 12.9. The Labute approximate surface area is 101 Å². The van der Waals surface area contributed by atoms with Crippen molar-refractivity contribution >= 4 is 24.0 Å². The molecule has 1 atom stereocenters. The molecule has 1 rings (SSSR count). The highest BCUT2D eigenvalue weighted by Crippen LogP contribution is 2.14. The van der Waals surface area contributed by atoms with Gasteiger partial charge in [0.15, 0.2) is 0 Å². The molecule has 1 unspecified atom stereocenters. The highest BCUT2D eigenvalue weighted by molar-refractivity contribution is 5.92. The summed E-state index contributed by atoms with van der Waals surface area (Å²) in [5.41, 5.74) is 6.46. The van der Waals surface area contributed by atoms with Crippen LogP contribution in [0.15, 0.2) is 18.2 Å². The number of amides is 1. The van der Waals surface area contributed by atoms with E-state index in [4.69, 9.17) is 5.73 Å². The number of anilines is 1. The number of hydrogen-bond donors (Lipinski definition) is 2. The summed E-state index contributed by atoms with van der Waals surface area (Å²) in [6.07, 6.45) is 0. The van der Waals surface area contributed by atoms with Gasteiger partial charge in [0.2, 0.25) is 5.91 Å². The van der Waals surface area contributed by atoms with E-state index in [1.54, 1.807) is 19.9 Å². The molecule has 0 saturated carbocycles. The average Bonchev–Trinajstić information content (AvgIpc) is 2.22. The predicted octanol–water partition coefficient (Wildman–Crippen LogP) is 2.09. The van der Waals surface area contributed by atoms with E-state index in [0.29, 0.717) is 17.8 Å². The van der Waals surface area contributed by atoms with E-state index in [9.17, 15) is 9.18 Å². The van der Waals surface area contributed by atoms with E-state index in [-0.39, 0.29) is 30.0 Å². The Morgan fingerprint density at radius 2 is 2.19 bits per heavy atom. The van der Waals surface area contributed by atoms with Crippen LogP contribution in [-0.4, -0.2) is 12.5 Å². The van der Waals surface area contributed by atoms with Crippen molar-refractivity contribution in [3.05, 3.63) is 29.6 Å². The Balaban J connectivity index is 0.00000225. The molecule has 5 heteroatoms. The maximum atomic E-state index is 12.9. The third-order valence-corrected chi connectivity index (χ3v) is 2.23. The number of nitrogens with one attached hydrogen (secondary N) is 1. The van der Waals surface area contributed by atoms with Crippen molar-refractivity contribution in [1.82, 2.24) is 0 Å². The lowest BCUT2D eigenvalue weighted by Crippen LogP contribution is -2.26. The number of nitrogens with two attached hydrogens (primary N) is 1. The van der Waals surface area contributed by atoms with Crippen molar-refractivity contribution in [1.29, 1.82) is 0 Å². The van der Waals surface area contributed by atoms with Crippen molar-refractivity contribution in [2.24, 2.45) is 11.7 Å². The minimum atomic E-state index is -0.278. The van der Waals surface area contributed by atoms with Crippen LogP contribution in [0.3, 0.4) is 0 Å². The highest BCUT2D eigenvalue weighted by atomic mass is 35.5. The summed E-state index contributed by atoms with van der Waals surface area (Å²) in [7, 11) is 0. The van der Waals surface area contributed by atoms with E-state index < -0.39 is 0 Å². The third kappa shape index (κ3) is 3.79. The van der Waals surface area contributed by atoms with Crippen molar-refractivity contribution < 1.29 is 9.18 Å². The Hall–Kier alpha value is -1.13. The largest absolute Gasteiger partial charge is 0.330 e. The first-order chi connectivity index (χ1) is 7.04. The van der Waals surface area contributed by atoms with Gasteiger partial charge in [0.05, 0.1) is 0 Å². The number of halogens is 2. The van der Waals surface area contributed by atoms with E-state index >= 15 is 0 Å². The van der Waals surface area contributed by atoms with Crippen LogP contribution >= 0.6 is 12.4 Å². The lowest BCUT2D eigenvalue weighted by Gasteiger charge is -2.10. The second-order valence-electron chi connectivity index (χ2n) is 3.59. The van der Waals surface area contributed by atoms with Crippen LogP contribution in [0, 0.1) is 18.7 Å². The van der Waals surface area contributed by atoms with Crippen LogP contribution < -0.4 is 11.1 Å². The van der Waals surface area contributed by atoms with E-state index in [1.807, 2.05) is 0 Å². The van der Waals surface area contributed by atoms with Gasteiger partial charge in [0.25, 0.3) is 0 Å². The summed E-state index contributed by atoms with van der Waals surface area (Å²) in [6, 6.07) is 4.46. The smallest absolute Gasteiger partial charge is 0.228 e. The summed E-state index contributed by atoms with van der Waals surface area (Å²) >= 11 is 0. The normalized spacial score (nSPS) is 11.5. The molecule has 1 amide bonds. The predicted molar refractivity (Wildman–Crippen MR) is 65.2 cm³/mol. The second-order valence-corrected chi connectivity index (χ2v) is 3.59. The molecular formula is C11H16ClFN2O. The zero-order valence-electron chi connectivity index (χ0n) is 9.29. The van der Waals surface area contributed by atoms with Gasteiger partial charge in [-0.2, -0.15) is 0 Å². The Morgan fingerprint density at radius 3 is 2.69 bits per heavy atom. The maximum absolute atomic E-state index is 12.9. The van der Waals surface area contributed by atoms with Gasteiger partial charge in [-0.25, -0.2) is 4.39 Å². The van der Waals surface area contributed by atoms with Crippen molar-refractivity contribution in [2.75, 3.05) is 11.9 Å². The highest BCUT2D eigenvalue weighted by Gasteiger charge is 2.11. The van der Waals surface area contributed by atoms with Gasteiger partial charge in [0.1, 0.15) is 5.82 Å². The number of carbonyl (C=O) groups excluding carboxylic acids is 1. The summed E-state index contributed by atoms with van der Waals surface area (Å²) in [6.45, 7) is 3.69. The first-order valence-corrected chi connectivity index (χ1v) is 4.81. The van der Waals surface area contributed by atoms with Crippen molar-refractivity contribution in [3.8, 4) is 0 Å². The van der Waals surface area contributed by atoms with E-state index in [2.05, 4.69) is 5.32 Å². The van der Waals surface area contributed by atoms with Gasteiger partial charge < -0.3 is 11.1 Å². The molecule has 1 aromatic rings. The number of benzene rings is 1. The molecule has 1 aromatic carbocycles. The summed E-state index contributed by atoms with van der Waals surface area (Å²) in [4.78, 5) is 11.5. The van der Waals surface area contributed by atoms with Gasteiger partial charge >= 0.3 is 0 Å². The number of aryl methyl sites for hydroxylation is 1. The van der Waals surface area contributed by atoms with E-state index in [0.717, 1.165) is 0 Å². The molecular weight excluding hydrogens is 231 g/mol. The lowest BCUT2D eigenvalue weighted by atomic mass is 10.1. The van der Waals surface area contributed by atoms with Gasteiger partial charge in [-0.05, 0) is 30.7 Å². The monoisotopic (exact) mass is 246 g/mol. The molecule has 3 nitrogen and oxygen atoms in total. The zero-order valence-corrected chi connectivity index (χ0v) is 10.1. The minimum Gasteiger partial charge on any atom is -0.330 e. The molecule has 16 heavy (non-hydrogen) atoms. The molecule has 0 fully saturated rings. The zero-order chi connectivity index (χ0) is 11.4. The fraction of sp³-hybridized carbons (Fsp3) is 0.364. The molecule has 3 N–H and O–H groups in total. The van der Waals surface area contributed by atoms with Crippen molar-refractivity contribution in [3.63, 3.8) is 0 Å². The molecule has 0 aliphatic heterocycles. The minimum absolute atomic E-state index is 0. The van der Waals surface area contributed by atoms with Crippen LogP contribution in [0.4, 0.5) is 10.1 Å². The van der Waals surface area contributed by atoms with E-state index in [1.165, 1.54) is 12.1 Å². The Morgan fingerprint density at radius 1 is 1.56 bits per heavy atom. The fourth-order valence-corrected chi connectivity index (χ4v) is 1.09. The topological polar surface area (TPSA) is 55.1 Å². The van der Waals surface area contributed by atoms with Crippen LogP contribution in [0.25, 0.3) is 0 Å². The average molecular weight is 247 g/mol.